The Morgan fingerprint density at radius 2 is 1.41 bits per heavy atom. The molecule has 2 rings (SSSR count). The molecule has 0 radical (unpaired) electrons. The molecule has 0 saturated carbocycles. The number of ether oxygens (including phenoxy) is 3. The Morgan fingerprint density at radius 3 is 1.97 bits per heavy atom. The predicted molar refractivity (Wildman–Crippen MR) is 139 cm³/mol. The molecule has 0 aliphatic rings. The molecule has 202 valence electrons. The van der Waals surface area contributed by atoms with E-state index in [0.717, 1.165) is 5.56 Å². The summed E-state index contributed by atoms with van der Waals surface area (Å²) in [7, 11) is 0. The third kappa shape index (κ3) is 11.2. The first-order chi connectivity index (χ1) is 17.3. The molecular formula is C27H36N2O8. The van der Waals surface area contributed by atoms with Crippen LogP contribution in [0.2, 0.25) is 0 Å². The second-order valence-electron chi connectivity index (χ2n) is 10.0. The summed E-state index contributed by atoms with van der Waals surface area (Å²) < 4.78 is 15.6. The molecule has 10 heteroatoms. The molecule has 0 atom stereocenters. The summed E-state index contributed by atoms with van der Waals surface area (Å²) in [5, 5.41) is 5.38. The average Bonchev–Trinajstić information content (AvgIpc) is 2.76. The summed E-state index contributed by atoms with van der Waals surface area (Å²) in [6.45, 7) is 12.8. The molecule has 2 amide bonds. The van der Waals surface area contributed by atoms with Gasteiger partial charge in [-0.1, -0.05) is 6.07 Å². The quantitative estimate of drug-likeness (QED) is 0.135. The van der Waals surface area contributed by atoms with Crippen molar-refractivity contribution < 1.29 is 38.4 Å². The molecule has 0 spiro atoms. The zero-order valence-electron chi connectivity index (χ0n) is 22.4. The van der Waals surface area contributed by atoms with Crippen LogP contribution in [0.4, 0.5) is 21.0 Å². The van der Waals surface area contributed by atoms with E-state index in [1.165, 1.54) is 0 Å². The van der Waals surface area contributed by atoms with E-state index in [1.807, 2.05) is 0 Å². The van der Waals surface area contributed by atoms with Gasteiger partial charge in [0.2, 0.25) is 0 Å². The minimum absolute atomic E-state index is 0.154. The molecule has 0 aromatic heterocycles. The van der Waals surface area contributed by atoms with Gasteiger partial charge in [0.25, 0.3) is 0 Å². The van der Waals surface area contributed by atoms with Crippen LogP contribution in [0, 0.1) is 0 Å². The van der Waals surface area contributed by atoms with Crippen LogP contribution in [0.3, 0.4) is 0 Å². The van der Waals surface area contributed by atoms with E-state index in [4.69, 9.17) is 24.0 Å². The van der Waals surface area contributed by atoms with Gasteiger partial charge in [0.05, 0.1) is 18.8 Å². The van der Waals surface area contributed by atoms with Crippen LogP contribution >= 0.6 is 0 Å². The minimum atomic E-state index is -0.684. The number of hydrogen-bond donors (Lipinski definition) is 2. The van der Waals surface area contributed by atoms with Crippen LogP contribution in [0.5, 0.6) is 5.75 Å². The van der Waals surface area contributed by atoms with Gasteiger partial charge >= 0.3 is 18.2 Å². The third-order valence-corrected chi connectivity index (χ3v) is 4.37. The van der Waals surface area contributed by atoms with Gasteiger partial charge < -0.3 is 19.1 Å². The van der Waals surface area contributed by atoms with Crippen molar-refractivity contribution in [2.24, 2.45) is 0 Å². The summed E-state index contributed by atoms with van der Waals surface area (Å²) in [4.78, 5) is 46.9. The fourth-order valence-corrected chi connectivity index (χ4v) is 2.95. The number of benzene rings is 2. The maximum atomic E-state index is 12.4. The van der Waals surface area contributed by atoms with Crippen LogP contribution in [-0.4, -0.2) is 42.6 Å². The maximum absolute atomic E-state index is 12.4. The topological polar surface area (TPSA) is 121 Å². The van der Waals surface area contributed by atoms with Crippen molar-refractivity contribution in [3.63, 3.8) is 0 Å². The first-order valence-electron chi connectivity index (χ1n) is 12.0. The normalized spacial score (nSPS) is 11.3. The first kappa shape index (κ1) is 29.4. The summed E-state index contributed by atoms with van der Waals surface area (Å²) >= 11 is 0. The van der Waals surface area contributed by atoms with E-state index < -0.39 is 29.4 Å². The van der Waals surface area contributed by atoms with Gasteiger partial charge in [-0.3, -0.25) is 10.6 Å². The summed E-state index contributed by atoms with van der Waals surface area (Å²) in [5.41, 5.74) is 0.663. The highest BCUT2D eigenvalue weighted by Crippen LogP contribution is 2.24. The number of hydrogen-bond acceptors (Lipinski definition) is 8. The summed E-state index contributed by atoms with van der Waals surface area (Å²) in [6.07, 6.45) is -0.880. The van der Waals surface area contributed by atoms with Crippen LogP contribution in [0.25, 0.3) is 0 Å². The molecule has 0 saturated heterocycles. The van der Waals surface area contributed by atoms with E-state index in [1.54, 1.807) is 90.9 Å². The highest BCUT2D eigenvalue weighted by atomic mass is 17.2. The van der Waals surface area contributed by atoms with E-state index in [9.17, 15) is 14.4 Å². The van der Waals surface area contributed by atoms with E-state index in [2.05, 4.69) is 10.6 Å². The molecule has 10 nitrogen and oxygen atoms in total. The Balaban J connectivity index is 2.04. The number of carbonyl (C=O) groups excluding carboxylic acids is 3. The van der Waals surface area contributed by atoms with Crippen molar-refractivity contribution in [2.45, 2.75) is 66.1 Å². The largest absolute Gasteiger partial charge is 0.462 e. The van der Waals surface area contributed by atoms with Crippen LogP contribution in [-0.2, 0) is 25.5 Å². The van der Waals surface area contributed by atoms with Gasteiger partial charge in [0.15, 0.2) is 5.75 Å². The number of nitrogens with one attached hydrogen (secondary N) is 2. The zero-order chi connectivity index (χ0) is 27.6. The Morgan fingerprint density at radius 1 is 0.811 bits per heavy atom. The maximum Gasteiger partial charge on any atom is 0.412 e. The molecule has 37 heavy (non-hydrogen) atoms. The number of carbonyl (C=O) groups is 3. The van der Waals surface area contributed by atoms with Crippen LogP contribution < -0.4 is 15.5 Å². The number of anilines is 2. The Kier molecular flexibility index (Phi) is 10.3. The van der Waals surface area contributed by atoms with Crippen molar-refractivity contribution in [3.8, 4) is 5.75 Å². The van der Waals surface area contributed by atoms with E-state index in [0.29, 0.717) is 35.7 Å². The Bertz CT molecular complexity index is 1070. The van der Waals surface area contributed by atoms with Crippen molar-refractivity contribution in [1.82, 2.24) is 0 Å². The molecule has 0 unspecified atom stereocenters. The Hall–Kier alpha value is -3.79. The van der Waals surface area contributed by atoms with Gasteiger partial charge in [-0.2, -0.15) is 4.89 Å². The fraction of sp³-hybridized carbons (Fsp3) is 0.444. The predicted octanol–water partition coefficient (Wildman–Crippen LogP) is 6.11. The third-order valence-electron chi connectivity index (χ3n) is 4.37. The monoisotopic (exact) mass is 516 g/mol. The molecular weight excluding hydrogens is 480 g/mol. The highest BCUT2D eigenvalue weighted by molar-refractivity contribution is 5.90. The summed E-state index contributed by atoms with van der Waals surface area (Å²) in [5.74, 6) is 0.00153. The molecule has 0 heterocycles. The summed E-state index contributed by atoms with van der Waals surface area (Å²) in [6, 6.07) is 11.4. The highest BCUT2D eigenvalue weighted by Gasteiger charge is 2.19. The van der Waals surface area contributed by atoms with Crippen LogP contribution in [0.1, 0.15) is 64.4 Å². The van der Waals surface area contributed by atoms with Crippen molar-refractivity contribution in [1.29, 1.82) is 0 Å². The number of esters is 1. The first-order valence-corrected chi connectivity index (χ1v) is 12.0. The molecule has 0 fully saturated rings. The van der Waals surface area contributed by atoms with Crippen molar-refractivity contribution in [2.75, 3.05) is 23.8 Å². The lowest BCUT2D eigenvalue weighted by molar-refractivity contribution is -0.205. The van der Waals surface area contributed by atoms with Gasteiger partial charge in [0, 0.05) is 17.8 Å². The van der Waals surface area contributed by atoms with Crippen LogP contribution in [0.15, 0.2) is 42.5 Å². The minimum Gasteiger partial charge on any atom is -0.462 e. The molecule has 0 aliphatic carbocycles. The second kappa shape index (κ2) is 13.0. The van der Waals surface area contributed by atoms with E-state index in [-0.39, 0.29) is 6.61 Å². The smallest absolute Gasteiger partial charge is 0.412 e. The molecule has 0 aliphatic heterocycles. The van der Waals surface area contributed by atoms with Crippen molar-refractivity contribution >= 4 is 29.5 Å². The van der Waals surface area contributed by atoms with Crippen molar-refractivity contribution in [3.05, 3.63) is 53.6 Å². The van der Waals surface area contributed by atoms with Gasteiger partial charge in [-0.25, -0.2) is 14.4 Å². The average molecular weight is 517 g/mol. The lowest BCUT2D eigenvalue weighted by Gasteiger charge is -2.21. The zero-order valence-corrected chi connectivity index (χ0v) is 22.4. The van der Waals surface area contributed by atoms with E-state index >= 15 is 0 Å². The van der Waals surface area contributed by atoms with Gasteiger partial charge in [-0.05, 0) is 90.4 Å². The fourth-order valence-electron chi connectivity index (χ4n) is 2.95. The number of rotatable bonds is 9. The molecule has 2 N–H and O–H groups in total. The van der Waals surface area contributed by atoms with Gasteiger partial charge in [0.1, 0.15) is 11.2 Å². The SMILES string of the molecule is CCOC(=O)c1ccc(OOCCc2ccc(NC(=O)OC(C)(C)C)cc2NC(=O)OC(C)(C)C)cc1. The van der Waals surface area contributed by atoms with Gasteiger partial charge in [-0.15, -0.1) is 0 Å². The number of amides is 2. The Labute approximate surface area is 217 Å². The standard InChI is InChI=1S/C27H36N2O8/c1-8-33-23(30)19-10-13-21(14-11-19)37-34-16-15-18-9-12-20(28-24(31)35-26(2,3)4)17-22(18)29-25(32)36-27(5,6)7/h9-14,17H,8,15-16H2,1-7H3,(H,28,31)(H,29,32). The lowest BCUT2D eigenvalue weighted by Crippen LogP contribution is -2.28. The second-order valence-corrected chi connectivity index (χ2v) is 10.0. The molecule has 0 bridgehead atoms. The molecule has 2 aromatic rings. The lowest BCUT2D eigenvalue weighted by atomic mass is 10.1. The molecule has 2 aromatic carbocycles.